The quantitative estimate of drug-likeness (QED) is 0.833. The summed E-state index contributed by atoms with van der Waals surface area (Å²) in [7, 11) is 0. The van der Waals surface area contributed by atoms with Crippen molar-refractivity contribution in [3.63, 3.8) is 0 Å². The molecule has 1 aromatic rings. The van der Waals surface area contributed by atoms with Gasteiger partial charge in [-0.25, -0.2) is 4.39 Å². The van der Waals surface area contributed by atoms with Crippen molar-refractivity contribution in [1.29, 1.82) is 0 Å². The summed E-state index contributed by atoms with van der Waals surface area (Å²) >= 11 is 0. The highest BCUT2D eigenvalue weighted by molar-refractivity contribution is 5.78. The van der Waals surface area contributed by atoms with E-state index >= 15 is 0 Å². The van der Waals surface area contributed by atoms with E-state index in [2.05, 4.69) is 0 Å². The number of aryl methyl sites for hydroxylation is 1. The monoisotopic (exact) mass is 252 g/mol. The van der Waals surface area contributed by atoms with Crippen LogP contribution in [0, 0.1) is 12.7 Å². The molecule has 1 amide bonds. The van der Waals surface area contributed by atoms with Crippen LogP contribution in [0.5, 0.6) is 5.75 Å². The Morgan fingerprint density at radius 3 is 2.78 bits per heavy atom. The number of rotatable bonds is 3. The minimum absolute atomic E-state index is 0.0780. The smallest absolute Gasteiger partial charge is 0.260 e. The molecule has 0 spiro atoms. The molecule has 0 bridgehead atoms. The SMILES string of the molecule is Cc1cc(OCC(=O)N2CCCC2)c(F)cc1N. The van der Waals surface area contributed by atoms with Crippen LogP contribution >= 0.6 is 0 Å². The minimum Gasteiger partial charge on any atom is -0.481 e. The van der Waals surface area contributed by atoms with Gasteiger partial charge in [0.1, 0.15) is 0 Å². The fourth-order valence-electron chi connectivity index (χ4n) is 1.98. The molecule has 1 heterocycles. The van der Waals surface area contributed by atoms with Crippen molar-refractivity contribution in [1.82, 2.24) is 4.90 Å². The zero-order chi connectivity index (χ0) is 13.1. The zero-order valence-electron chi connectivity index (χ0n) is 10.4. The second-order valence-electron chi connectivity index (χ2n) is 4.52. The lowest BCUT2D eigenvalue weighted by atomic mass is 10.2. The number of likely N-dealkylation sites (tertiary alicyclic amines) is 1. The maximum absolute atomic E-state index is 13.5. The maximum atomic E-state index is 13.5. The number of nitrogen functional groups attached to an aromatic ring is 1. The third kappa shape index (κ3) is 2.72. The van der Waals surface area contributed by atoms with Crippen LogP contribution in [0.2, 0.25) is 0 Å². The van der Waals surface area contributed by atoms with Crippen LogP contribution in [-0.4, -0.2) is 30.5 Å². The number of nitrogens with zero attached hydrogens (tertiary/aromatic N) is 1. The molecule has 2 N–H and O–H groups in total. The van der Waals surface area contributed by atoms with Crippen molar-refractivity contribution in [3.05, 3.63) is 23.5 Å². The first-order valence-electron chi connectivity index (χ1n) is 6.04. The second-order valence-corrected chi connectivity index (χ2v) is 4.52. The molecule has 4 nitrogen and oxygen atoms in total. The number of hydrogen-bond acceptors (Lipinski definition) is 3. The van der Waals surface area contributed by atoms with Gasteiger partial charge in [-0.1, -0.05) is 0 Å². The molecule has 0 radical (unpaired) electrons. The van der Waals surface area contributed by atoms with Crippen molar-refractivity contribution < 1.29 is 13.9 Å². The van der Waals surface area contributed by atoms with Gasteiger partial charge in [0.05, 0.1) is 0 Å². The Bertz CT molecular complexity index is 457. The van der Waals surface area contributed by atoms with Crippen molar-refractivity contribution in [2.45, 2.75) is 19.8 Å². The molecular formula is C13H17FN2O2. The summed E-state index contributed by atoms with van der Waals surface area (Å²) in [6, 6.07) is 2.73. The average Bonchev–Trinajstić information content (AvgIpc) is 2.85. The normalized spacial score (nSPS) is 14.9. The Hall–Kier alpha value is -1.78. The topological polar surface area (TPSA) is 55.6 Å². The van der Waals surface area contributed by atoms with E-state index in [1.54, 1.807) is 11.8 Å². The standard InChI is InChI=1S/C13H17FN2O2/c1-9-6-12(10(14)7-11(9)15)18-8-13(17)16-4-2-3-5-16/h6-7H,2-5,8,15H2,1H3. The number of benzene rings is 1. The average molecular weight is 252 g/mol. The molecule has 0 unspecified atom stereocenters. The number of halogens is 1. The van der Waals surface area contributed by atoms with Gasteiger partial charge in [-0.2, -0.15) is 0 Å². The third-order valence-electron chi connectivity index (χ3n) is 3.13. The van der Waals surface area contributed by atoms with Gasteiger partial charge >= 0.3 is 0 Å². The van der Waals surface area contributed by atoms with Crippen LogP contribution in [0.25, 0.3) is 0 Å². The highest BCUT2D eigenvalue weighted by atomic mass is 19.1. The molecule has 5 heteroatoms. The van der Waals surface area contributed by atoms with Crippen LogP contribution < -0.4 is 10.5 Å². The Morgan fingerprint density at radius 1 is 1.44 bits per heavy atom. The Balaban J connectivity index is 1.97. The molecule has 0 saturated carbocycles. The molecular weight excluding hydrogens is 235 g/mol. The molecule has 1 saturated heterocycles. The van der Waals surface area contributed by atoms with E-state index in [-0.39, 0.29) is 18.3 Å². The first-order chi connectivity index (χ1) is 8.58. The number of hydrogen-bond donors (Lipinski definition) is 1. The number of carbonyl (C=O) groups is 1. The number of nitrogens with two attached hydrogens (primary N) is 1. The van der Waals surface area contributed by atoms with E-state index in [0.29, 0.717) is 5.69 Å². The largest absolute Gasteiger partial charge is 0.481 e. The van der Waals surface area contributed by atoms with Crippen LogP contribution in [0.3, 0.4) is 0 Å². The Kier molecular flexibility index (Phi) is 3.69. The van der Waals surface area contributed by atoms with Gasteiger partial charge in [-0.05, 0) is 31.4 Å². The molecule has 1 aliphatic rings. The summed E-state index contributed by atoms with van der Waals surface area (Å²) in [6.45, 7) is 3.18. The van der Waals surface area contributed by atoms with E-state index in [4.69, 9.17) is 10.5 Å². The Labute approximate surface area is 106 Å². The fraction of sp³-hybridized carbons (Fsp3) is 0.462. The first kappa shape index (κ1) is 12.7. The summed E-state index contributed by atoms with van der Waals surface area (Å²) in [4.78, 5) is 13.5. The van der Waals surface area contributed by atoms with Gasteiger partial charge in [0.2, 0.25) is 0 Å². The van der Waals surface area contributed by atoms with Crippen LogP contribution in [0.1, 0.15) is 18.4 Å². The van der Waals surface area contributed by atoms with Crippen molar-refractivity contribution >= 4 is 11.6 Å². The molecule has 1 aliphatic heterocycles. The van der Waals surface area contributed by atoms with E-state index < -0.39 is 5.82 Å². The Morgan fingerprint density at radius 2 is 2.11 bits per heavy atom. The molecule has 1 aromatic carbocycles. The van der Waals surface area contributed by atoms with Crippen molar-refractivity contribution in [2.75, 3.05) is 25.4 Å². The summed E-state index contributed by atoms with van der Waals surface area (Å²) in [6.07, 6.45) is 2.06. The lowest BCUT2D eigenvalue weighted by molar-refractivity contribution is -0.132. The van der Waals surface area contributed by atoms with Gasteiger partial charge in [-0.15, -0.1) is 0 Å². The summed E-state index contributed by atoms with van der Waals surface area (Å²) in [5.41, 5.74) is 6.69. The molecule has 2 rings (SSSR count). The van der Waals surface area contributed by atoms with Crippen LogP contribution in [-0.2, 0) is 4.79 Å². The molecule has 18 heavy (non-hydrogen) atoms. The van der Waals surface area contributed by atoms with Crippen molar-refractivity contribution in [2.24, 2.45) is 0 Å². The highest BCUT2D eigenvalue weighted by Crippen LogP contribution is 2.23. The minimum atomic E-state index is -0.535. The number of amides is 1. The van der Waals surface area contributed by atoms with Gasteiger partial charge in [0.15, 0.2) is 18.2 Å². The highest BCUT2D eigenvalue weighted by Gasteiger charge is 2.18. The lowest BCUT2D eigenvalue weighted by Crippen LogP contribution is -2.32. The molecule has 0 aromatic heterocycles. The third-order valence-corrected chi connectivity index (χ3v) is 3.13. The molecule has 0 atom stereocenters. The summed E-state index contributed by atoms with van der Waals surface area (Å²) in [5, 5.41) is 0. The van der Waals surface area contributed by atoms with E-state index in [0.717, 1.165) is 31.5 Å². The van der Waals surface area contributed by atoms with Crippen molar-refractivity contribution in [3.8, 4) is 5.75 Å². The van der Waals surface area contributed by atoms with Crippen LogP contribution in [0.4, 0.5) is 10.1 Å². The predicted octanol–water partition coefficient (Wildman–Crippen LogP) is 1.72. The molecule has 0 aliphatic carbocycles. The van der Waals surface area contributed by atoms with Gasteiger partial charge in [0.25, 0.3) is 5.91 Å². The summed E-state index contributed by atoms with van der Waals surface area (Å²) in [5.74, 6) is -0.553. The van der Waals surface area contributed by atoms with Crippen LogP contribution in [0.15, 0.2) is 12.1 Å². The number of carbonyl (C=O) groups excluding carboxylic acids is 1. The zero-order valence-corrected chi connectivity index (χ0v) is 10.4. The number of anilines is 1. The van der Waals surface area contributed by atoms with Gasteiger partial charge < -0.3 is 15.4 Å². The first-order valence-corrected chi connectivity index (χ1v) is 6.04. The maximum Gasteiger partial charge on any atom is 0.260 e. The van der Waals surface area contributed by atoms with E-state index in [9.17, 15) is 9.18 Å². The van der Waals surface area contributed by atoms with Gasteiger partial charge in [0, 0.05) is 24.8 Å². The molecule has 1 fully saturated rings. The fourth-order valence-corrected chi connectivity index (χ4v) is 1.98. The summed E-state index contributed by atoms with van der Waals surface area (Å²) < 4.78 is 18.8. The number of ether oxygens (including phenoxy) is 1. The van der Waals surface area contributed by atoms with Gasteiger partial charge in [-0.3, -0.25) is 4.79 Å². The predicted molar refractivity (Wildman–Crippen MR) is 66.9 cm³/mol. The molecule has 98 valence electrons. The van der Waals surface area contributed by atoms with E-state index in [1.807, 2.05) is 0 Å². The van der Waals surface area contributed by atoms with E-state index in [1.165, 1.54) is 12.1 Å². The second kappa shape index (κ2) is 5.25. The lowest BCUT2D eigenvalue weighted by Gasteiger charge is -2.16.